The molecule has 3 unspecified atom stereocenters. The lowest BCUT2D eigenvalue weighted by Crippen LogP contribution is -2.59. The van der Waals surface area contributed by atoms with E-state index >= 15 is 0 Å². The van der Waals surface area contributed by atoms with Crippen LogP contribution in [-0.4, -0.2) is 53.1 Å². The molecule has 0 aromatic heterocycles. The Balaban J connectivity index is 1.77. The van der Waals surface area contributed by atoms with Crippen LogP contribution in [0.4, 0.5) is 0 Å². The standard InChI is InChI=1S/C20H22O6S/c1-24-19(23)18-15(21)17(25-12-13-8-4-2-5-9-13)16(22)20(26-18)27-14-10-6-3-7-11-14/h2-11,15-18,20-22H,12H2,1H3/t15-,16?,17+,18?,20?/m1/s1. The zero-order valence-corrected chi connectivity index (χ0v) is 15.6. The van der Waals surface area contributed by atoms with Crippen LogP contribution in [0.5, 0.6) is 0 Å². The maximum atomic E-state index is 12.0. The molecule has 2 aromatic rings. The lowest BCUT2D eigenvalue weighted by atomic mass is 9.99. The van der Waals surface area contributed by atoms with Crippen LogP contribution < -0.4 is 0 Å². The average Bonchev–Trinajstić information content (AvgIpc) is 2.71. The molecular weight excluding hydrogens is 368 g/mol. The van der Waals surface area contributed by atoms with Gasteiger partial charge in [-0.25, -0.2) is 4.79 Å². The van der Waals surface area contributed by atoms with Gasteiger partial charge in [0.15, 0.2) is 6.10 Å². The van der Waals surface area contributed by atoms with Crippen molar-refractivity contribution in [3.05, 3.63) is 66.2 Å². The monoisotopic (exact) mass is 390 g/mol. The molecule has 0 bridgehead atoms. The van der Waals surface area contributed by atoms with Crippen LogP contribution in [0.1, 0.15) is 5.56 Å². The molecule has 1 fully saturated rings. The fourth-order valence-electron chi connectivity index (χ4n) is 2.84. The summed E-state index contributed by atoms with van der Waals surface area (Å²) < 4.78 is 16.2. The highest BCUT2D eigenvalue weighted by Crippen LogP contribution is 2.35. The molecule has 144 valence electrons. The summed E-state index contributed by atoms with van der Waals surface area (Å²) in [6.45, 7) is 0.191. The van der Waals surface area contributed by atoms with Crippen molar-refractivity contribution in [1.82, 2.24) is 0 Å². The number of esters is 1. The SMILES string of the molecule is COC(=O)C1OC(Sc2ccccc2)C(O)[C@@H](OCc2ccccc2)[C@H]1O. The highest BCUT2D eigenvalue weighted by molar-refractivity contribution is 7.99. The van der Waals surface area contributed by atoms with Crippen molar-refractivity contribution in [2.75, 3.05) is 7.11 Å². The van der Waals surface area contributed by atoms with Crippen molar-refractivity contribution in [2.24, 2.45) is 0 Å². The summed E-state index contributed by atoms with van der Waals surface area (Å²) in [6, 6.07) is 18.8. The smallest absolute Gasteiger partial charge is 0.337 e. The highest BCUT2D eigenvalue weighted by Gasteiger charge is 2.49. The van der Waals surface area contributed by atoms with Crippen LogP contribution in [0, 0.1) is 0 Å². The molecule has 0 saturated carbocycles. The van der Waals surface area contributed by atoms with Gasteiger partial charge in [0.25, 0.3) is 0 Å². The number of hydrogen-bond donors (Lipinski definition) is 2. The van der Waals surface area contributed by atoms with E-state index in [2.05, 4.69) is 0 Å². The first kappa shape index (κ1) is 19.9. The van der Waals surface area contributed by atoms with Crippen LogP contribution in [0.2, 0.25) is 0 Å². The molecule has 2 aromatic carbocycles. The van der Waals surface area contributed by atoms with Crippen LogP contribution >= 0.6 is 11.8 Å². The largest absolute Gasteiger partial charge is 0.467 e. The molecular formula is C20H22O6S. The minimum atomic E-state index is -1.34. The van der Waals surface area contributed by atoms with Crippen LogP contribution in [0.25, 0.3) is 0 Å². The lowest BCUT2D eigenvalue weighted by Gasteiger charge is -2.41. The van der Waals surface area contributed by atoms with Crippen molar-refractivity contribution >= 4 is 17.7 Å². The molecule has 7 heteroatoms. The summed E-state index contributed by atoms with van der Waals surface area (Å²) >= 11 is 1.26. The molecule has 0 amide bonds. The van der Waals surface area contributed by atoms with Crippen molar-refractivity contribution in [3.63, 3.8) is 0 Å². The molecule has 1 aliphatic heterocycles. The predicted octanol–water partition coefficient (Wildman–Crippen LogP) is 1.98. The van der Waals surface area contributed by atoms with Crippen molar-refractivity contribution in [2.45, 2.75) is 41.4 Å². The topological polar surface area (TPSA) is 85.2 Å². The maximum Gasteiger partial charge on any atom is 0.337 e. The molecule has 0 radical (unpaired) electrons. The van der Waals surface area contributed by atoms with E-state index in [9.17, 15) is 15.0 Å². The molecule has 6 nitrogen and oxygen atoms in total. The second kappa shape index (κ2) is 9.34. The van der Waals surface area contributed by atoms with E-state index in [0.29, 0.717) is 0 Å². The minimum absolute atomic E-state index is 0.191. The lowest BCUT2D eigenvalue weighted by molar-refractivity contribution is -0.224. The van der Waals surface area contributed by atoms with E-state index < -0.39 is 35.8 Å². The Labute approximate surface area is 162 Å². The third kappa shape index (κ3) is 4.88. The maximum absolute atomic E-state index is 12.0. The van der Waals surface area contributed by atoms with Crippen LogP contribution in [0.3, 0.4) is 0 Å². The first-order chi connectivity index (χ1) is 13.1. The van der Waals surface area contributed by atoms with Crippen molar-refractivity contribution in [1.29, 1.82) is 0 Å². The fraction of sp³-hybridized carbons (Fsp3) is 0.350. The fourth-order valence-corrected chi connectivity index (χ4v) is 3.89. The summed E-state index contributed by atoms with van der Waals surface area (Å²) in [5.41, 5.74) is 0.103. The van der Waals surface area contributed by atoms with Crippen molar-refractivity contribution < 1.29 is 29.2 Å². The number of hydrogen-bond acceptors (Lipinski definition) is 7. The van der Waals surface area contributed by atoms with E-state index in [1.807, 2.05) is 60.7 Å². The number of carbonyl (C=O) groups is 1. The second-order valence-corrected chi connectivity index (χ2v) is 7.29. The molecule has 27 heavy (non-hydrogen) atoms. The van der Waals surface area contributed by atoms with E-state index in [1.165, 1.54) is 18.9 Å². The normalized spacial score (nSPS) is 27.9. The molecule has 3 rings (SSSR count). The number of methoxy groups -OCH3 is 1. The molecule has 5 atom stereocenters. The first-order valence-electron chi connectivity index (χ1n) is 8.57. The number of benzene rings is 2. The van der Waals surface area contributed by atoms with Gasteiger partial charge in [-0.2, -0.15) is 0 Å². The third-order valence-electron chi connectivity index (χ3n) is 4.26. The number of rotatable bonds is 6. The number of carbonyl (C=O) groups excluding carboxylic acids is 1. The predicted molar refractivity (Wildman–Crippen MR) is 100 cm³/mol. The molecule has 1 saturated heterocycles. The zero-order chi connectivity index (χ0) is 19.2. The Kier molecular flexibility index (Phi) is 6.87. The number of aliphatic hydroxyl groups excluding tert-OH is 2. The Hall–Kier alpha value is -1.90. The molecule has 0 aliphatic carbocycles. The van der Waals surface area contributed by atoms with Gasteiger partial charge in [0.2, 0.25) is 0 Å². The van der Waals surface area contributed by atoms with E-state index in [4.69, 9.17) is 14.2 Å². The first-order valence-corrected chi connectivity index (χ1v) is 9.45. The van der Waals surface area contributed by atoms with Gasteiger partial charge in [0, 0.05) is 4.90 Å². The van der Waals surface area contributed by atoms with Gasteiger partial charge >= 0.3 is 5.97 Å². The van der Waals surface area contributed by atoms with Gasteiger partial charge in [-0.1, -0.05) is 60.3 Å². The second-order valence-electron chi connectivity index (χ2n) is 6.12. The molecule has 1 aliphatic rings. The van der Waals surface area contributed by atoms with Gasteiger partial charge in [0.1, 0.15) is 23.7 Å². The van der Waals surface area contributed by atoms with E-state index in [0.717, 1.165) is 10.5 Å². The van der Waals surface area contributed by atoms with E-state index in [-0.39, 0.29) is 6.61 Å². The van der Waals surface area contributed by atoms with Crippen LogP contribution in [0.15, 0.2) is 65.6 Å². The average molecular weight is 390 g/mol. The van der Waals surface area contributed by atoms with Gasteiger partial charge in [-0.3, -0.25) is 0 Å². The number of thioether (sulfide) groups is 1. The summed E-state index contributed by atoms with van der Waals surface area (Å²) in [5.74, 6) is -0.707. The summed E-state index contributed by atoms with van der Waals surface area (Å²) in [6.07, 6.45) is -4.71. The summed E-state index contributed by atoms with van der Waals surface area (Å²) in [7, 11) is 1.22. The zero-order valence-electron chi connectivity index (χ0n) is 14.8. The Morgan fingerprint density at radius 3 is 2.30 bits per heavy atom. The summed E-state index contributed by atoms with van der Waals surface area (Å²) in [4.78, 5) is 12.9. The van der Waals surface area contributed by atoms with Crippen LogP contribution in [-0.2, 0) is 25.6 Å². The van der Waals surface area contributed by atoms with Gasteiger partial charge in [0.05, 0.1) is 13.7 Å². The van der Waals surface area contributed by atoms with E-state index in [1.54, 1.807) is 0 Å². The highest BCUT2D eigenvalue weighted by atomic mass is 32.2. The summed E-state index contributed by atoms with van der Waals surface area (Å²) in [5, 5.41) is 21.3. The van der Waals surface area contributed by atoms with Gasteiger partial charge < -0.3 is 24.4 Å². The Morgan fingerprint density at radius 2 is 1.67 bits per heavy atom. The quantitative estimate of drug-likeness (QED) is 0.730. The van der Waals surface area contributed by atoms with Gasteiger partial charge in [-0.15, -0.1) is 0 Å². The third-order valence-corrected chi connectivity index (χ3v) is 5.42. The van der Waals surface area contributed by atoms with Gasteiger partial charge in [-0.05, 0) is 17.7 Å². The number of ether oxygens (including phenoxy) is 3. The number of aliphatic hydroxyl groups is 2. The Morgan fingerprint density at radius 1 is 1.04 bits per heavy atom. The molecule has 1 heterocycles. The molecule has 2 N–H and O–H groups in total. The minimum Gasteiger partial charge on any atom is -0.467 e. The Bertz CT molecular complexity index is 726. The molecule has 0 spiro atoms. The van der Waals surface area contributed by atoms with Crippen molar-refractivity contribution in [3.8, 4) is 0 Å².